The van der Waals surface area contributed by atoms with Crippen LogP contribution in [0.5, 0.6) is 0 Å². The number of nitrogens with zero attached hydrogens (tertiary/aromatic N) is 3. The second-order valence-corrected chi connectivity index (χ2v) is 7.65. The highest BCUT2D eigenvalue weighted by molar-refractivity contribution is 6.30. The van der Waals surface area contributed by atoms with Crippen LogP contribution in [0.25, 0.3) is 11.4 Å². The molecule has 3 rings (SSSR count). The Bertz CT molecular complexity index is 746. The summed E-state index contributed by atoms with van der Waals surface area (Å²) in [4.78, 5) is 18.7. The summed E-state index contributed by atoms with van der Waals surface area (Å²) < 4.78 is 5.26. The van der Waals surface area contributed by atoms with E-state index in [1.807, 2.05) is 17.0 Å². The number of hydrogen-bond donors (Lipinski definition) is 1. The van der Waals surface area contributed by atoms with Crippen molar-refractivity contribution in [2.24, 2.45) is 11.1 Å². The second-order valence-electron chi connectivity index (χ2n) is 7.22. The molecule has 8 heteroatoms. The largest absolute Gasteiger partial charge is 0.342 e. The van der Waals surface area contributed by atoms with Crippen molar-refractivity contribution in [2.75, 3.05) is 13.1 Å². The first-order valence-corrected chi connectivity index (χ1v) is 8.85. The van der Waals surface area contributed by atoms with Crippen LogP contribution in [0.2, 0.25) is 5.02 Å². The van der Waals surface area contributed by atoms with Crippen LogP contribution in [0, 0.1) is 5.41 Å². The molecule has 0 radical (unpaired) electrons. The monoisotopic (exact) mass is 398 g/mol. The lowest BCUT2D eigenvalue weighted by molar-refractivity contribution is -0.134. The Labute approximate surface area is 164 Å². The van der Waals surface area contributed by atoms with E-state index in [-0.39, 0.29) is 29.8 Å². The number of halogens is 2. The lowest BCUT2D eigenvalue weighted by Crippen LogP contribution is -2.54. The van der Waals surface area contributed by atoms with Crippen LogP contribution >= 0.6 is 24.0 Å². The quantitative estimate of drug-likeness (QED) is 0.853. The number of carbonyl (C=O) groups is 1. The average molecular weight is 399 g/mol. The van der Waals surface area contributed by atoms with Crippen molar-refractivity contribution in [2.45, 2.75) is 39.2 Å². The van der Waals surface area contributed by atoms with Crippen LogP contribution in [0.15, 0.2) is 28.8 Å². The SMILES string of the molecule is CC1(C)CN(C(=O)CCc2nc(-c3ccc(Cl)cc3)no2)CCC1N.Cl. The number of aryl methyl sites for hydroxylation is 1. The van der Waals surface area contributed by atoms with Gasteiger partial charge in [-0.15, -0.1) is 12.4 Å². The van der Waals surface area contributed by atoms with Crippen LogP contribution in [0.3, 0.4) is 0 Å². The number of amides is 1. The molecule has 1 atom stereocenters. The molecule has 0 bridgehead atoms. The van der Waals surface area contributed by atoms with Crippen LogP contribution in [-0.2, 0) is 11.2 Å². The van der Waals surface area contributed by atoms with Gasteiger partial charge in [0.1, 0.15) is 0 Å². The van der Waals surface area contributed by atoms with Gasteiger partial charge in [0.05, 0.1) is 0 Å². The van der Waals surface area contributed by atoms with E-state index >= 15 is 0 Å². The normalized spacial score (nSPS) is 19.1. The zero-order chi connectivity index (χ0) is 18.0. The number of benzene rings is 1. The molecule has 0 aliphatic carbocycles. The number of aromatic nitrogens is 2. The molecule has 2 heterocycles. The number of rotatable bonds is 4. The molecule has 26 heavy (non-hydrogen) atoms. The zero-order valence-corrected chi connectivity index (χ0v) is 16.5. The average Bonchev–Trinajstić information content (AvgIpc) is 3.04. The van der Waals surface area contributed by atoms with E-state index in [1.165, 1.54) is 0 Å². The maximum Gasteiger partial charge on any atom is 0.227 e. The topological polar surface area (TPSA) is 85.2 Å². The Kier molecular flexibility index (Phi) is 6.66. The Morgan fingerprint density at radius 1 is 1.38 bits per heavy atom. The zero-order valence-electron chi connectivity index (χ0n) is 14.9. The summed E-state index contributed by atoms with van der Waals surface area (Å²) in [5.74, 6) is 1.07. The third-order valence-corrected chi connectivity index (χ3v) is 5.04. The number of carbonyl (C=O) groups excluding carboxylic acids is 1. The molecular weight excluding hydrogens is 375 g/mol. The molecule has 1 aromatic carbocycles. The standard InChI is InChI=1S/C18H23ClN4O2.ClH/c1-18(2)11-23(10-9-14(18)20)16(24)8-7-15-21-17(22-25-15)12-3-5-13(19)6-4-12;/h3-6,14H,7-11,20H2,1-2H3;1H. The van der Waals surface area contributed by atoms with Gasteiger partial charge in [0.15, 0.2) is 0 Å². The van der Waals surface area contributed by atoms with Gasteiger partial charge in [0, 0.05) is 42.6 Å². The van der Waals surface area contributed by atoms with Crippen molar-refractivity contribution in [3.63, 3.8) is 0 Å². The maximum atomic E-state index is 12.5. The van der Waals surface area contributed by atoms with Gasteiger partial charge in [-0.25, -0.2) is 0 Å². The minimum atomic E-state index is -0.0554. The summed E-state index contributed by atoms with van der Waals surface area (Å²) in [5, 5.41) is 4.62. The molecule has 1 aliphatic heterocycles. The molecule has 1 aromatic heterocycles. The van der Waals surface area contributed by atoms with Crippen molar-refractivity contribution in [3.8, 4) is 11.4 Å². The number of nitrogens with two attached hydrogens (primary N) is 1. The van der Waals surface area contributed by atoms with Gasteiger partial charge in [-0.2, -0.15) is 4.98 Å². The lowest BCUT2D eigenvalue weighted by atomic mass is 9.79. The summed E-state index contributed by atoms with van der Waals surface area (Å²) in [6, 6.07) is 7.36. The summed E-state index contributed by atoms with van der Waals surface area (Å²) in [6.07, 6.45) is 1.62. The molecule has 2 N–H and O–H groups in total. The van der Waals surface area contributed by atoms with Gasteiger partial charge < -0.3 is 15.2 Å². The first-order valence-electron chi connectivity index (χ1n) is 8.47. The van der Waals surface area contributed by atoms with Crippen LogP contribution < -0.4 is 5.73 Å². The number of hydrogen-bond acceptors (Lipinski definition) is 5. The van der Waals surface area contributed by atoms with Crippen LogP contribution in [0.1, 0.15) is 32.6 Å². The molecule has 0 saturated carbocycles. The Balaban J connectivity index is 0.00000243. The van der Waals surface area contributed by atoms with Crippen molar-refractivity contribution in [1.29, 1.82) is 0 Å². The van der Waals surface area contributed by atoms with Gasteiger partial charge in [-0.05, 0) is 36.1 Å². The Morgan fingerprint density at radius 3 is 2.73 bits per heavy atom. The highest BCUT2D eigenvalue weighted by atomic mass is 35.5. The number of piperidine rings is 1. The molecule has 1 amide bonds. The first-order chi connectivity index (χ1) is 11.8. The molecule has 142 valence electrons. The minimum absolute atomic E-state index is 0. The third kappa shape index (κ3) is 4.75. The van der Waals surface area contributed by atoms with Crippen LogP contribution in [0.4, 0.5) is 0 Å². The fourth-order valence-electron chi connectivity index (χ4n) is 3.03. The highest BCUT2D eigenvalue weighted by Gasteiger charge is 2.35. The summed E-state index contributed by atoms with van der Waals surface area (Å²) >= 11 is 5.88. The second kappa shape index (κ2) is 8.37. The van der Waals surface area contributed by atoms with E-state index in [0.717, 1.165) is 12.0 Å². The summed E-state index contributed by atoms with van der Waals surface area (Å²) in [7, 11) is 0. The van der Waals surface area contributed by atoms with E-state index in [4.69, 9.17) is 21.9 Å². The maximum absolute atomic E-state index is 12.5. The predicted octanol–water partition coefficient (Wildman–Crippen LogP) is 3.33. The van der Waals surface area contributed by atoms with Gasteiger partial charge >= 0.3 is 0 Å². The lowest BCUT2D eigenvalue weighted by Gasteiger charge is -2.42. The van der Waals surface area contributed by atoms with Gasteiger partial charge in [-0.3, -0.25) is 4.79 Å². The van der Waals surface area contributed by atoms with E-state index in [2.05, 4.69) is 24.0 Å². The predicted molar refractivity (Wildman–Crippen MR) is 103 cm³/mol. The molecule has 1 fully saturated rings. The molecule has 1 aliphatic rings. The van der Waals surface area contributed by atoms with E-state index in [0.29, 0.717) is 42.7 Å². The van der Waals surface area contributed by atoms with Crippen molar-refractivity contribution >= 4 is 29.9 Å². The fourth-order valence-corrected chi connectivity index (χ4v) is 3.16. The van der Waals surface area contributed by atoms with Gasteiger partial charge in [0.25, 0.3) is 0 Å². The Hall–Kier alpha value is -1.63. The molecule has 1 unspecified atom stereocenters. The molecule has 2 aromatic rings. The highest BCUT2D eigenvalue weighted by Crippen LogP contribution is 2.28. The third-order valence-electron chi connectivity index (χ3n) is 4.79. The number of likely N-dealkylation sites (tertiary alicyclic amines) is 1. The molecule has 1 saturated heterocycles. The van der Waals surface area contributed by atoms with Gasteiger partial charge in [0.2, 0.25) is 17.6 Å². The minimum Gasteiger partial charge on any atom is -0.342 e. The molecule has 0 spiro atoms. The van der Waals surface area contributed by atoms with Crippen molar-refractivity contribution in [1.82, 2.24) is 15.0 Å². The fraction of sp³-hybridized carbons (Fsp3) is 0.500. The molecule has 6 nitrogen and oxygen atoms in total. The van der Waals surface area contributed by atoms with Gasteiger partial charge in [-0.1, -0.05) is 30.6 Å². The first kappa shape index (κ1) is 20.7. The smallest absolute Gasteiger partial charge is 0.227 e. The van der Waals surface area contributed by atoms with Crippen LogP contribution in [-0.4, -0.2) is 40.1 Å². The molecular formula is C18H24Cl2N4O2. The summed E-state index contributed by atoms with van der Waals surface area (Å²) in [6.45, 7) is 5.61. The van der Waals surface area contributed by atoms with Crippen molar-refractivity contribution in [3.05, 3.63) is 35.2 Å². The van der Waals surface area contributed by atoms with E-state index < -0.39 is 0 Å². The van der Waals surface area contributed by atoms with E-state index in [9.17, 15) is 4.79 Å². The summed E-state index contributed by atoms with van der Waals surface area (Å²) in [5.41, 5.74) is 6.90. The van der Waals surface area contributed by atoms with Crippen molar-refractivity contribution < 1.29 is 9.32 Å². The Morgan fingerprint density at radius 2 is 2.08 bits per heavy atom. The van der Waals surface area contributed by atoms with E-state index in [1.54, 1.807) is 12.1 Å².